The molecule has 3 aliphatic rings. The number of nitrogens with zero attached hydrogens (tertiary/aromatic N) is 3. The summed E-state index contributed by atoms with van der Waals surface area (Å²) in [4.78, 5) is 49.9. The fraction of sp³-hybridized carbons (Fsp3) is 0.375. The highest BCUT2D eigenvalue weighted by molar-refractivity contribution is 5.99. The predicted octanol–water partition coefficient (Wildman–Crippen LogP) is 5.16. The lowest BCUT2D eigenvalue weighted by Gasteiger charge is -2.39. The minimum absolute atomic E-state index is 0.126. The molecule has 8 heteroatoms. The molecule has 8 nitrogen and oxygen atoms in total. The molecule has 3 aliphatic heterocycles. The molecule has 3 heterocycles. The van der Waals surface area contributed by atoms with E-state index in [1.54, 1.807) is 22.0 Å². The zero-order chi connectivity index (χ0) is 34.1. The van der Waals surface area contributed by atoms with Gasteiger partial charge in [-0.3, -0.25) is 14.4 Å². The zero-order valence-corrected chi connectivity index (χ0v) is 27.8. The van der Waals surface area contributed by atoms with E-state index in [1.807, 2.05) is 105 Å². The molecule has 0 aliphatic carbocycles. The molecule has 1 N–H and O–H groups in total. The molecular formula is C40H45N3O5. The van der Waals surface area contributed by atoms with Gasteiger partial charge in [-0.1, -0.05) is 110 Å². The van der Waals surface area contributed by atoms with Crippen LogP contribution in [0, 0.1) is 17.8 Å². The summed E-state index contributed by atoms with van der Waals surface area (Å²) < 4.78 is 7.05. The number of hydrogen-bond acceptors (Lipinski definition) is 5. The lowest BCUT2D eigenvalue weighted by molar-refractivity contribution is -0.158. The minimum atomic E-state index is -1.27. The highest BCUT2D eigenvalue weighted by Crippen LogP contribution is 2.66. The summed E-state index contributed by atoms with van der Waals surface area (Å²) in [5.74, 6) is -2.71. The zero-order valence-electron chi connectivity index (χ0n) is 27.8. The number of fused-ring (bicyclic) bond motifs is 1. The van der Waals surface area contributed by atoms with E-state index in [4.69, 9.17) is 4.74 Å². The highest BCUT2D eigenvalue weighted by atomic mass is 16.5. The van der Waals surface area contributed by atoms with Crippen LogP contribution in [-0.4, -0.2) is 74.5 Å². The molecule has 0 saturated carbocycles. The first-order valence-corrected chi connectivity index (χ1v) is 16.8. The molecule has 48 heavy (non-hydrogen) atoms. The van der Waals surface area contributed by atoms with E-state index >= 15 is 9.59 Å². The third-order valence-corrected chi connectivity index (χ3v) is 10.7. The fourth-order valence-electron chi connectivity index (χ4n) is 8.45. The van der Waals surface area contributed by atoms with Crippen LogP contribution in [0.15, 0.2) is 116 Å². The maximum Gasteiger partial charge on any atom is 0.249 e. The Balaban J connectivity index is 1.47. The summed E-state index contributed by atoms with van der Waals surface area (Å²) in [5.41, 5.74) is 0.346. The second-order valence-corrected chi connectivity index (χ2v) is 13.5. The molecule has 6 rings (SSSR count). The summed E-state index contributed by atoms with van der Waals surface area (Å²) in [6, 6.07) is 26.8. The van der Waals surface area contributed by atoms with Crippen LogP contribution in [0.1, 0.15) is 43.0 Å². The van der Waals surface area contributed by atoms with Gasteiger partial charge in [0.2, 0.25) is 17.7 Å². The standard InChI is InChI=1S/C40H45N3O5/c1-5-22-41(25-29-16-10-7-11-17-29)36(45)33-34-37(46)43(32(27-44)31-20-14-9-15-21-31)35(40(34)24-28(3)39(33,4)48-40)38(47)42(23-6-2)26-30-18-12-8-13-19-30/h5-21,28,32-35,44H,1-2,22-27H2,3-4H3/t28?,32-,33+,34+,35?,39-,40?/m1/s1. The van der Waals surface area contributed by atoms with E-state index in [0.29, 0.717) is 31.6 Å². The molecule has 3 saturated heterocycles. The quantitative estimate of drug-likeness (QED) is 0.259. The van der Waals surface area contributed by atoms with Crippen LogP contribution in [0.3, 0.4) is 0 Å². The first-order valence-electron chi connectivity index (χ1n) is 16.8. The molecule has 2 bridgehead atoms. The van der Waals surface area contributed by atoms with Crippen molar-refractivity contribution in [3.05, 3.63) is 133 Å². The first kappa shape index (κ1) is 33.4. The van der Waals surface area contributed by atoms with Crippen LogP contribution in [0.5, 0.6) is 0 Å². The molecule has 3 aromatic carbocycles. The fourth-order valence-corrected chi connectivity index (χ4v) is 8.45. The highest BCUT2D eigenvalue weighted by Gasteiger charge is 2.80. The first-order chi connectivity index (χ1) is 23.2. The predicted molar refractivity (Wildman–Crippen MR) is 184 cm³/mol. The van der Waals surface area contributed by atoms with Crippen molar-refractivity contribution in [3.63, 3.8) is 0 Å². The number of carbonyl (C=O) groups excluding carboxylic acids is 3. The van der Waals surface area contributed by atoms with Crippen molar-refractivity contribution in [3.8, 4) is 0 Å². The molecule has 3 fully saturated rings. The van der Waals surface area contributed by atoms with E-state index in [1.165, 1.54) is 4.90 Å². The molecule has 250 valence electrons. The SMILES string of the molecule is C=CCN(Cc1ccccc1)C(=O)C1N([C@H](CO)c2ccccc2)C(=O)[C@@H]2[C@@H](C(=O)N(CC=C)Cc3ccccc3)[C@]3(C)OC12CC3C. The third kappa shape index (κ3) is 5.57. The van der Waals surface area contributed by atoms with Crippen LogP contribution in [0.25, 0.3) is 0 Å². The van der Waals surface area contributed by atoms with Crippen LogP contribution >= 0.6 is 0 Å². The molecule has 1 spiro atoms. The lowest BCUT2D eigenvalue weighted by atomic mass is 9.62. The molecule has 7 atom stereocenters. The number of aliphatic hydroxyl groups is 1. The minimum Gasteiger partial charge on any atom is -0.394 e. The van der Waals surface area contributed by atoms with Crippen molar-refractivity contribution in [2.45, 2.75) is 56.6 Å². The molecule has 0 aromatic heterocycles. The maximum atomic E-state index is 15.1. The van der Waals surface area contributed by atoms with E-state index in [0.717, 1.165) is 11.1 Å². The van der Waals surface area contributed by atoms with Gasteiger partial charge in [0.05, 0.1) is 30.1 Å². The van der Waals surface area contributed by atoms with Crippen LogP contribution < -0.4 is 0 Å². The number of likely N-dealkylation sites (tertiary alicyclic amines) is 1. The van der Waals surface area contributed by atoms with Gasteiger partial charge in [-0.2, -0.15) is 0 Å². The summed E-state index contributed by atoms with van der Waals surface area (Å²) >= 11 is 0. The van der Waals surface area contributed by atoms with Gasteiger partial charge in [0, 0.05) is 26.2 Å². The molecular weight excluding hydrogens is 602 g/mol. The number of rotatable bonds is 13. The number of aliphatic hydroxyl groups excluding tert-OH is 1. The molecule has 3 aromatic rings. The van der Waals surface area contributed by atoms with Crippen molar-refractivity contribution in [2.75, 3.05) is 19.7 Å². The van der Waals surface area contributed by atoms with Crippen molar-refractivity contribution in [1.82, 2.24) is 14.7 Å². The average Bonchev–Trinajstić information content (AvgIpc) is 3.62. The van der Waals surface area contributed by atoms with E-state index < -0.39 is 41.7 Å². The van der Waals surface area contributed by atoms with Crippen LogP contribution in [0.2, 0.25) is 0 Å². The number of carbonyl (C=O) groups is 3. The summed E-state index contributed by atoms with van der Waals surface area (Å²) in [7, 11) is 0. The second kappa shape index (κ2) is 13.5. The monoisotopic (exact) mass is 647 g/mol. The molecule has 3 amide bonds. The van der Waals surface area contributed by atoms with Gasteiger partial charge in [-0.15, -0.1) is 13.2 Å². The summed E-state index contributed by atoms with van der Waals surface area (Å²) in [6.07, 6.45) is 3.80. The van der Waals surface area contributed by atoms with E-state index in [9.17, 15) is 9.90 Å². The smallest absolute Gasteiger partial charge is 0.249 e. The van der Waals surface area contributed by atoms with Gasteiger partial charge >= 0.3 is 0 Å². The van der Waals surface area contributed by atoms with Crippen LogP contribution in [-0.2, 0) is 32.2 Å². The Hall–Kier alpha value is -4.53. The molecule has 3 unspecified atom stereocenters. The largest absolute Gasteiger partial charge is 0.394 e. The van der Waals surface area contributed by atoms with Crippen molar-refractivity contribution in [2.24, 2.45) is 17.8 Å². The maximum absolute atomic E-state index is 15.1. The summed E-state index contributed by atoms with van der Waals surface area (Å²) in [5, 5.41) is 10.9. The Bertz CT molecular complexity index is 1650. The Morgan fingerprint density at radius 2 is 1.40 bits per heavy atom. The number of hydrogen-bond donors (Lipinski definition) is 1. The van der Waals surface area contributed by atoms with Gasteiger partial charge in [-0.25, -0.2) is 0 Å². The van der Waals surface area contributed by atoms with E-state index in [2.05, 4.69) is 13.2 Å². The average molecular weight is 648 g/mol. The Morgan fingerprint density at radius 3 is 1.90 bits per heavy atom. The normalized spacial score (nSPS) is 27.7. The third-order valence-electron chi connectivity index (χ3n) is 10.7. The lowest BCUT2D eigenvalue weighted by Crippen LogP contribution is -2.57. The van der Waals surface area contributed by atoms with Crippen molar-refractivity contribution >= 4 is 17.7 Å². The van der Waals surface area contributed by atoms with Gasteiger partial charge in [0.1, 0.15) is 11.6 Å². The second-order valence-electron chi connectivity index (χ2n) is 13.5. The number of benzene rings is 3. The van der Waals surface area contributed by atoms with Gasteiger partial charge in [0.15, 0.2) is 0 Å². The van der Waals surface area contributed by atoms with Gasteiger partial charge in [-0.05, 0) is 36.0 Å². The van der Waals surface area contributed by atoms with Gasteiger partial charge in [0.25, 0.3) is 0 Å². The molecule has 0 radical (unpaired) electrons. The van der Waals surface area contributed by atoms with Crippen molar-refractivity contribution < 1.29 is 24.2 Å². The van der Waals surface area contributed by atoms with E-state index in [-0.39, 0.29) is 30.2 Å². The Labute approximate surface area is 283 Å². The summed E-state index contributed by atoms with van der Waals surface area (Å²) in [6.45, 7) is 12.6. The van der Waals surface area contributed by atoms with Crippen molar-refractivity contribution in [1.29, 1.82) is 0 Å². The van der Waals surface area contributed by atoms with Crippen LogP contribution in [0.4, 0.5) is 0 Å². The number of ether oxygens (including phenoxy) is 1. The Kier molecular flexibility index (Phi) is 9.41. The topological polar surface area (TPSA) is 90.4 Å². The number of amides is 3. The Morgan fingerprint density at radius 1 is 0.896 bits per heavy atom. The van der Waals surface area contributed by atoms with Gasteiger partial charge < -0.3 is 24.5 Å².